The van der Waals surface area contributed by atoms with E-state index in [0.29, 0.717) is 27.5 Å². The molecule has 2 N–H and O–H groups in total. The van der Waals surface area contributed by atoms with E-state index in [1.165, 1.54) is 12.1 Å². The van der Waals surface area contributed by atoms with Crippen molar-refractivity contribution in [2.24, 2.45) is 0 Å². The summed E-state index contributed by atoms with van der Waals surface area (Å²) in [7, 11) is 0. The van der Waals surface area contributed by atoms with Gasteiger partial charge in [0.25, 0.3) is 5.91 Å². The first-order chi connectivity index (χ1) is 12.1. The standard InChI is InChI=1S/C19H17ClFN3O/c1-2-4-16-18(22-19(25)12-7-9-14(20)10-8-12)17(24-23-16)13-5-3-6-15(21)11-13/h3,5-11H,2,4H2,1H3,(H,22,25)(H,23,24). The van der Waals surface area contributed by atoms with E-state index < -0.39 is 0 Å². The van der Waals surface area contributed by atoms with Gasteiger partial charge in [0.1, 0.15) is 11.5 Å². The van der Waals surface area contributed by atoms with Gasteiger partial charge in [-0.2, -0.15) is 5.10 Å². The second-order valence-corrected chi connectivity index (χ2v) is 6.08. The zero-order chi connectivity index (χ0) is 17.8. The molecule has 0 atom stereocenters. The van der Waals surface area contributed by atoms with Crippen LogP contribution >= 0.6 is 11.6 Å². The van der Waals surface area contributed by atoms with Crippen molar-refractivity contribution in [2.45, 2.75) is 19.8 Å². The number of carbonyl (C=O) groups excluding carboxylic acids is 1. The van der Waals surface area contributed by atoms with Crippen molar-refractivity contribution >= 4 is 23.2 Å². The number of nitrogens with zero attached hydrogens (tertiary/aromatic N) is 1. The maximum absolute atomic E-state index is 13.6. The molecule has 4 nitrogen and oxygen atoms in total. The summed E-state index contributed by atoms with van der Waals surface area (Å²) >= 11 is 5.86. The first-order valence-corrected chi connectivity index (χ1v) is 8.36. The first-order valence-electron chi connectivity index (χ1n) is 7.98. The van der Waals surface area contributed by atoms with Crippen molar-refractivity contribution in [3.63, 3.8) is 0 Å². The molecule has 128 valence electrons. The van der Waals surface area contributed by atoms with Crippen molar-refractivity contribution in [3.05, 3.63) is 70.6 Å². The van der Waals surface area contributed by atoms with E-state index in [9.17, 15) is 9.18 Å². The van der Waals surface area contributed by atoms with Crippen LogP contribution < -0.4 is 5.32 Å². The van der Waals surface area contributed by atoms with Crippen LogP contribution in [-0.4, -0.2) is 16.1 Å². The number of H-pyrrole nitrogens is 1. The highest BCUT2D eigenvalue weighted by Crippen LogP contribution is 2.30. The predicted molar refractivity (Wildman–Crippen MR) is 97.4 cm³/mol. The monoisotopic (exact) mass is 357 g/mol. The number of halogens is 2. The largest absolute Gasteiger partial charge is 0.319 e. The van der Waals surface area contributed by atoms with Gasteiger partial charge >= 0.3 is 0 Å². The van der Waals surface area contributed by atoms with E-state index in [1.807, 2.05) is 6.92 Å². The Labute approximate surface area is 150 Å². The van der Waals surface area contributed by atoms with E-state index in [-0.39, 0.29) is 11.7 Å². The number of rotatable bonds is 5. The number of benzene rings is 2. The van der Waals surface area contributed by atoms with E-state index in [1.54, 1.807) is 36.4 Å². The lowest BCUT2D eigenvalue weighted by atomic mass is 10.1. The molecule has 0 saturated carbocycles. The number of carbonyl (C=O) groups is 1. The average molecular weight is 358 g/mol. The van der Waals surface area contributed by atoms with Gasteiger partial charge in [-0.15, -0.1) is 0 Å². The molecule has 1 heterocycles. The van der Waals surface area contributed by atoms with Gasteiger partial charge in [-0.1, -0.05) is 37.1 Å². The fourth-order valence-electron chi connectivity index (χ4n) is 2.58. The maximum atomic E-state index is 13.6. The van der Waals surface area contributed by atoms with Gasteiger partial charge in [0.05, 0.1) is 11.4 Å². The lowest BCUT2D eigenvalue weighted by Crippen LogP contribution is -2.13. The van der Waals surface area contributed by atoms with Crippen LogP contribution in [0.2, 0.25) is 5.02 Å². The SMILES string of the molecule is CCCc1[nH]nc(-c2cccc(F)c2)c1NC(=O)c1ccc(Cl)cc1. The van der Waals surface area contributed by atoms with Crippen molar-refractivity contribution < 1.29 is 9.18 Å². The summed E-state index contributed by atoms with van der Waals surface area (Å²) in [6.45, 7) is 2.04. The smallest absolute Gasteiger partial charge is 0.255 e. The minimum Gasteiger partial charge on any atom is -0.319 e. The molecule has 0 aliphatic heterocycles. The predicted octanol–water partition coefficient (Wildman–Crippen LogP) is 5.07. The molecule has 0 radical (unpaired) electrons. The van der Waals surface area contributed by atoms with E-state index in [4.69, 9.17) is 11.6 Å². The Hall–Kier alpha value is -2.66. The van der Waals surface area contributed by atoms with Gasteiger partial charge in [0, 0.05) is 16.1 Å². The number of aromatic nitrogens is 2. The summed E-state index contributed by atoms with van der Waals surface area (Å²) in [6.07, 6.45) is 1.60. The van der Waals surface area contributed by atoms with Crippen molar-refractivity contribution in [3.8, 4) is 11.3 Å². The highest BCUT2D eigenvalue weighted by Gasteiger charge is 2.18. The molecule has 0 saturated heterocycles. The topological polar surface area (TPSA) is 57.8 Å². The molecule has 0 fully saturated rings. The Morgan fingerprint density at radius 2 is 2.00 bits per heavy atom. The summed E-state index contributed by atoms with van der Waals surface area (Å²) < 4.78 is 13.6. The summed E-state index contributed by atoms with van der Waals surface area (Å²) in [4.78, 5) is 12.6. The van der Waals surface area contributed by atoms with Gasteiger partial charge < -0.3 is 5.32 Å². The number of aryl methyl sites for hydroxylation is 1. The number of aromatic amines is 1. The van der Waals surface area contributed by atoms with Gasteiger partial charge in [-0.05, 0) is 42.8 Å². The molecular formula is C19H17ClFN3O. The van der Waals surface area contributed by atoms with Gasteiger partial charge in [0.2, 0.25) is 0 Å². The lowest BCUT2D eigenvalue weighted by molar-refractivity contribution is 0.102. The number of amides is 1. The molecule has 0 aliphatic rings. The Balaban J connectivity index is 1.97. The van der Waals surface area contributed by atoms with Crippen LogP contribution in [0.3, 0.4) is 0 Å². The fourth-order valence-corrected chi connectivity index (χ4v) is 2.70. The van der Waals surface area contributed by atoms with Gasteiger partial charge in [0.15, 0.2) is 0 Å². The summed E-state index contributed by atoms with van der Waals surface area (Å²) in [5.41, 5.74) is 2.99. The van der Waals surface area contributed by atoms with Crippen LogP contribution in [0.15, 0.2) is 48.5 Å². The van der Waals surface area contributed by atoms with Gasteiger partial charge in [-0.25, -0.2) is 4.39 Å². The molecule has 6 heteroatoms. The molecule has 1 amide bonds. The van der Waals surface area contributed by atoms with Crippen LogP contribution in [0.1, 0.15) is 29.4 Å². The van der Waals surface area contributed by atoms with Crippen LogP contribution in [0.5, 0.6) is 0 Å². The van der Waals surface area contributed by atoms with Gasteiger partial charge in [-0.3, -0.25) is 9.89 Å². The molecule has 1 aromatic heterocycles. The van der Waals surface area contributed by atoms with E-state index in [2.05, 4.69) is 15.5 Å². The number of anilines is 1. The molecule has 25 heavy (non-hydrogen) atoms. The minimum absolute atomic E-state index is 0.270. The Kier molecular flexibility index (Phi) is 5.14. The zero-order valence-corrected chi connectivity index (χ0v) is 14.4. The van der Waals surface area contributed by atoms with Crippen LogP contribution in [-0.2, 0) is 6.42 Å². The summed E-state index contributed by atoms with van der Waals surface area (Å²) in [5, 5.41) is 10.7. The van der Waals surface area contributed by atoms with Crippen molar-refractivity contribution in [2.75, 3.05) is 5.32 Å². The molecule has 0 unspecified atom stereocenters. The second-order valence-electron chi connectivity index (χ2n) is 5.65. The third kappa shape index (κ3) is 3.88. The molecule has 3 aromatic rings. The highest BCUT2D eigenvalue weighted by molar-refractivity contribution is 6.30. The molecule has 3 rings (SSSR count). The average Bonchev–Trinajstić information content (AvgIpc) is 2.98. The van der Waals surface area contributed by atoms with Crippen LogP contribution in [0, 0.1) is 5.82 Å². The third-order valence-electron chi connectivity index (χ3n) is 3.78. The maximum Gasteiger partial charge on any atom is 0.255 e. The quantitative estimate of drug-likeness (QED) is 0.669. The van der Waals surface area contributed by atoms with E-state index in [0.717, 1.165) is 18.5 Å². The molecule has 2 aromatic carbocycles. The first kappa shape index (κ1) is 17.2. The highest BCUT2D eigenvalue weighted by atomic mass is 35.5. The zero-order valence-electron chi connectivity index (χ0n) is 13.6. The Morgan fingerprint density at radius 1 is 1.24 bits per heavy atom. The summed E-state index contributed by atoms with van der Waals surface area (Å²) in [6, 6.07) is 12.8. The molecular weight excluding hydrogens is 341 g/mol. The Morgan fingerprint density at radius 3 is 2.68 bits per heavy atom. The minimum atomic E-state index is -0.354. The van der Waals surface area contributed by atoms with Crippen molar-refractivity contribution in [1.82, 2.24) is 10.2 Å². The second kappa shape index (κ2) is 7.49. The van der Waals surface area contributed by atoms with Crippen molar-refractivity contribution in [1.29, 1.82) is 0 Å². The van der Waals surface area contributed by atoms with Crippen LogP contribution in [0.4, 0.5) is 10.1 Å². The number of hydrogen-bond donors (Lipinski definition) is 2. The summed E-state index contributed by atoms with van der Waals surface area (Å²) in [5.74, 6) is -0.624. The third-order valence-corrected chi connectivity index (χ3v) is 4.04. The fraction of sp³-hybridized carbons (Fsp3) is 0.158. The molecule has 0 aliphatic carbocycles. The number of nitrogens with one attached hydrogen (secondary N) is 2. The Bertz CT molecular complexity index is 890. The van der Waals surface area contributed by atoms with E-state index >= 15 is 0 Å². The number of hydrogen-bond acceptors (Lipinski definition) is 2. The lowest BCUT2D eigenvalue weighted by Gasteiger charge is -2.09. The molecule has 0 bridgehead atoms. The normalized spacial score (nSPS) is 10.7. The molecule has 0 spiro atoms. The van der Waals surface area contributed by atoms with Crippen LogP contribution in [0.25, 0.3) is 11.3 Å².